The monoisotopic (exact) mass is 180 g/mol. The molecule has 0 spiro atoms. The number of hydrogen-bond donors (Lipinski definition) is 0. The van der Waals surface area contributed by atoms with Crippen LogP contribution in [0.2, 0.25) is 0 Å². The number of rotatable bonds is 0. The molecule has 2 aliphatic carbocycles. The Balaban J connectivity index is 2.50. The zero-order valence-corrected chi connectivity index (χ0v) is 10.1. The molecule has 2 atom stereocenters. The first-order valence-corrected chi connectivity index (χ1v) is 5.72. The summed E-state index contributed by atoms with van der Waals surface area (Å²) in [6, 6.07) is 0. The van der Waals surface area contributed by atoms with E-state index < -0.39 is 0 Å². The molecule has 0 amide bonds. The van der Waals surface area contributed by atoms with Crippen LogP contribution in [0.4, 0.5) is 0 Å². The molecule has 0 aromatic heterocycles. The standard InChI is InChI=1S/C13H24/c1-11(2)9-7-8-10(11)13(5,6)12(9,3)4/h9-10H,7-8H2,1-6H3. The van der Waals surface area contributed by atoms with Crippen molar-refractivity contribution in [2.24, 2.45) is 28.1 Å². The molecule has 2 aliphatic rings. The van der Waals surface area contributed by atoms with Gasteiger partial charge in [0.2, 0.25) is 0 Å². The minimum atomic E-state index is 0.541. The van der Waals surface area contributed by atoms with Crippen LogP contribution >= 0.6 is 0 Å². The lowest BCUT2D eigenvalue weighted by atomic mass is 9.60. The van der Waals surface area contributed by atoms with Gasteiger partial charge in [-0.2, -0.15) is 0 Å². The molecule has 2 saturated carbocycles. The molecule has 0 N–H and O–H groups in total. The Labute approximate surface area is 83.1 Å². The lowest BCUT2D eigenvalue weighted by Crippen LogP contribution is -2.37. The first kappa shape index (κ1) is 9.55. The normalized spacial score (nSPS) is 43.8. The summed E-state index contributed by atoms with van der Waals surface area (Å²) in [6.45, 7) is 14.9. The summed E-state index contributed by atoms with van der Waals surface area (Å²) in [5.41, 5.74) is 1.67. The van der Waals surface area contributed by atoms with Crippen molar-refractivity contribution in [1.29, 1.82) is 0 Å². The third kappa shape index (κ3) is 0.831. The largest absolute Gasteiger partial charge is 0.0593 e. The number of hydrogen-bond acceptors (Lipinski definition) is 0. The minimum Gasteiger partial charge on any atom is -0.0593 e. The van der Waals surface area contributed by atoms with Crippen LogP contribution in [-0.4, -0.2) is 0 Å². The Morgan fingerprint density at radius 3 is 1.15 bits per heavy atom. The Kier molecular flexibility index (Phi) is 1.58. The van der Waals surface area contributed by atoms with Gasteiger partial charge in [0.05, 0.1) is 0 Å². The van der Waals surface area contributed by atoms with Crippen LogP contribution in [0.1, 0.15) is 54.4 Å². The van der Waals surface area contributed by atoms with E-state index in [1.54, 1.807) is 0 Å². The van der Waals surface area contributed by atoms with E-state index in [1.165, 1.54) is 12.8 Å². The highest BCUT2D eigenvalue weighted by Gasteiger charge is 2.66. The summed E-state index contributed by atoms with van der Waals surface area (Å²) >= 11 is 0. The van der Waals surface area contributed by atoms with Crippen molar-refractivity contribution in [3.05, 3.63) is 0 Å². The van der Waals surface area contributed by atoms with Crippen LogP contribution in [0.5, 0.6) is 0 Å². The molecule has 13 heavy (non-hydrogen) atoms. The van der Waals surface area contributed by atoms with Crippen LogP contribution in [0, 0.1) is 28.1 Å². The van der Waals surface area contributed by atoms with Crippen LogP contribution in [0.15, 0.2) is 0 Å². The molecule has 0 nitrogen and oxygen atoms in total. The maximum atomic E-state index is 2.49. The van der Waals surface area contributed by atoms with Crippen LogP contribution in [0.3, 0.4) is 0 Å². The summed E-state index contributed by atoms with van der Waals surface area (Å²) in [5, 5.41) is 0. The zero-order valence-electron chi connectivity index (χ0n) is 10.1. The fourth-order valence-electron chi connectivity index (χ4n) is 4.80. The van der Waals surface area contributed by atoms with Crippen LogP contribution in [0.25, 0.3) is 0 Å². The fraction of sp³-hybridized carbons (Fsp3) is 1.00. The highest BCUT2D eigenvalue weighted by Crippen LogP contribution is 2.73. The van der Waals surface area contributed by atoms with Gasteiger partial charge in [-0.15, -0.1) is 0 Å². The van der Waals surface area contributed by atoms with Gasteiger partial charge in [0.15, 0.2) is 0 Å². The van der Waals surface area contributed by atoms with Gasteiger partial charge >= 0.3 is 0 Å². The lowest BCUT2D eigenvalue weighted by molar-refractivity contribution is 0.0392. The van der Waals surface area contributed by atoms with Crippen molar-refractivity contribution < 1.29 is 0 Å². The molecule has 0 aliphatic heterocycles. The van der Waals surface area contributed by atoms with Crippen LogP contribution in [-0.2, 0) is 0 Å². The molecule has 76 valence electrons. The van der Waals surface area contributed by atoms with E-state index in [1.807, 2.05) is 0 Å². The predicted molar refractivity (Wildman–Crippen MR) is 57.6 cm³/mol. The van der Waals surface area contributed by atoms with Gasteiger partial charge in [-0.3, -0.25) is 0 Å². The van der Waals surface area contributed by atoms with E-state index in [-0.39, 0.29) is 0 Å². The van der Waals surface area contributed by atoms with Gasteiger partial charge in [-0.05, 0) is 40.9 Å². The van der Waals surface area contributed by atoms with E-state index in [9.17, 15) is 0 Å². The smallest absolute Gasteiger partial charge is 0.0267 e. The maximum Gasteiger partial charge on any atom is -0.0267 e. The molecule has 0 saturated heterocycles. The van der Waals surface area contributed by atoms with E-state index >= 15 is 0 Å². The Bertz CT molecular complexity index is 208. The molecule has 0 heteroatoms. The molecular formula is C13H24. The molecule has 2 unspecified atom stereocenters. The van der Waals surface area contributed by atoms with Gasteiger partial charge < -0.3 is 0 Å². The molecule has 0 aromatic carbocycles. The van der Waals surface area contributed by atoms with Crippen molar-refractivity contribution in [1.82, 2.24) is 0 Å². The first-order valence-electron chi connectivity index (χ1n) is 5.72. The summed E-state index contributed by atoms with van der Waals surface area (Å²) in [4.78, 5) is 0. The summed E-state index contributed by atoms with van der Waals surface area (Å²) in [6.07, 6.45) is 2.93. The SMILES string of the molecule is CC1(C)C2CCC1C(C)(C)C2(C)C. The third-order valence-electron chi connectivity index (χ3n) is 5.94. The van der Waals surface area contributed by atoms with Crippen molar-refractivity contribution in [3.63, 3.8) is 0 Å². The highest BCUT2D eigenvalue weighted by atomic mass is 14.7. The quantitative estimate of drug-likeness (QED) is 0.526. The van der Waals surface area contributed by atoms with Gasteiger partial charge in [0, 0.05) is 0 Å². The van der Waals surface area contributed by atoms with E-state index in [4.69, 9.17) is 0 Å². The Morgan fingerprint density at radius 1 is 0.692 bits per heavy atom. The molecule has 2 rings (SSSR count). The van der Waals surface area contributed by atoms with Gasteiger partial charge in [-0.1, -0.05) is 41.5 Å². The van der Waals surface area contributed by atoms with Crippen molar-refractivity contribution >= 4 is 0 Å². The van der Waals surface area contributed by atoms with Gasteiger partial charge in [0.1, 0.15) is 0 Å². The maximum absolute atomic E-state index is 2.49. The third-order valence-corrected chi connectivity index (χ3v) is 5.94. The van der Waals surface area contributed by atoms with E-state index in [0.717, 1.165) is 11.8 Å². The molecule has 2 fully saturated rings. The summed E-state index contributed by atoms with van der Waals surface area (Å²) in [5.74, 6) is 1.89. The van der Waals surface area contributed by atoms with Crippen molar-refractivity contribution in [3.8, 4) is 0 Å². The van der Waals surface area contributed by atoms with E-state index in [2.05, 4.69) is 41.5 Å². The molecule has 0 aromatic rings. The minimum absolute atomic E-state index is 0.541. The predicted octanol–water partition coefficient (Wildman–Crippen LogP) is 4.10. The van der Waals surface area contributed by atoms with Crippen LogP contribution < -0.4 is 0 Å². The lowest BCUT2D eigenvalue weighted by Gasteiger charge is -2.45. The molecular weight excluding hydrogens is 156 g/mol. The average molecular weight is 180 g/mol. The summed E-state index contributed by atoms with van der Waals surface area (Å²) < 4.78 is 0. The van der Waals surface area contributed by atoms with Crippen molar-refractivity contribution in [2.75, 3.05) is 0 Å². The van der Waals surface area contributed by atoms with Crippen molar-refractivity contribution in [2.45, 2.75) is 54.4 Å². The second-order valence-electron chi connectivity index (χ2n) is 6.95. The Morgan fingerprint density at radius 2 is 1.00 bits per heavy atom. The first-order chi connectivity index (χ1) is 5.72. The number of fused-ring (bicyclic) bond motifs is 2. The molecule has 0 heterocycles. The average Bonchev–Trinajstić information content (AvgIpc) is 2.27. The molecule has 0 radical (unpaired) electrons. The fourth-order valence-corrected chi connectivity index (χ4v) is 4.80. The Hall–Kier alpha value is 0. The zero-order chi connectivity index (χ0) is 10.1. The molecule has 2 bridgehead atoms. The second-order valence-corrected chi connectivity index (χ2v) is 6.95. The summed E-state index contributed by atoms with van der Waals surface area (Å²) in [7, 11) is 0. The van der Waals surface area contributed by atoms with Gasteiger partial charge in [-0.25, -0.2) is 0 Å². The second kappa shape index (κ2) is 2.15. The topological polar surface area (TPSA) is 0 Å². The highest BCUT2D eigenvalue weighted by molar-refractivity contribution is 5.14. The van der Waals surface area contributed by atoms with Gasteiger partial charge in [0.25, 0.3) is 0 Å². The van der Waals surface area contributed by atoms with E-state index in [0.29, 0.717) is 16.2 Å².